The van der Waals surface area contributed by atoms with Gasteiger partial charge in [0.05, 0.1) is 11.9 Å². The van der Waals surface area contributed by atoms with Crippen LogP contribution in [0.15, 0.2) is 22.9 Å². The minimum absolute atomic E-state index is 0.146. The summed E-state index contributed by atoms with van der Waals surface area (Å²) in [5.74, 6) is 0.154. The third kappa shape index (κ3) is 2.68. The van der Waals surface area contributed by atoms with Gasteiger partial charge < -0.3 is 5.32 Å². The number of halogens is 1. The molecule has 0 bridgehead atoms. The Hall–Kier alpha value is -0.900. The van der Waals surface area contributed by atoms with Gasteiger partial charge in [-0.2, -0.15) is 0 Å². The maximum Gasteiger partial charge on any atom is 0.230 e. The van der Waals surface area contributed by atoms with Gasteiger partial charge in [0.2, 0.25) is 5.91 Å². The highest BCUT2D eigenvalue weighted by Crippen LogP contribution is 2.41. The number of hydrogen-bond donors (Lipinski definition) is 1. The number of aromatic nitrogens is 1. The van der Waals surface area contributed by atoms with Crippen LogP contribution in [0.3, 0.4) is 0 Å². The van der Waals surface area contributed by atoms with Crippen LogP contribution in [0.1, 0.15) is 39.0 Å². The Kier molecular flexibility index (Phi) is 3.82. The van der Waals surface area contributed by atoms with Gasteiger partial charge in [-0.15, -0.1) is 0 Å². The van der Waals surface area contributed by atoms with Gasteiger partial charge in [-0.05, 0) is 47.3 Å². The van der Waals surface area contributed by atoms with Crippen LogP contribution in [0, 0.1) is 5.41 Å². The van der Waals surface area contributed by atoms with Crippen molar-refractivity contribution in [2.45, 2.75) is 39.0 Å². The van der Waals surface area contributed by atoms with Crippen molar-refractivity contribution in [2.75, 3.05) is 5.32 Å². The van der Waals surface area contributed by atoms with Crippen LogP contribution in [0.2, 0.25) is 0 Å². The zero-order valence-electron chi connectivity index (χ0n) is 10.0. The quantitative estimate of drug-likeness (QED) is 0.863. The number of hydrogen-bond acceptors (Lipinski definition) is 2. The number of nitrogens with one attached hydrogen (secondary N) is 1. The molecule has 1 fully saturated rings. The van der Waals surface area contributed by atoms with Crippen molar-refractivity contribution in [3.8, 4) is 0 Å². The lowest BCUT2D eigenvalue weighted by atomic mass is 9.82. The van der Waals surface area contributed by atoms with Crippen LogP contribution in [0.4, 0.5) is 5.69 Å². The van der Waals surface area contributed by atoms with E-state index in [-0.39, 0.29) is 11.3 Å². The van der Waals surface area contributed by atoms with E-state index in [1.54, 1.807) is 6.20 Å². The Balaban J connectivity index is 2.08. The summed E-state index contributed by atoms with van der Waals surface area (Å²) in [5, 5.41) is 2.98. The normalized spacial score (nSPS) is 18.0. The topological polar surface area (TPSA) is 42.0 Å². The molecule has 1 aromatic heterocycles. The maximum atomic E-state index is 12.3. The molecule has 2 rings (SSSR count). The molecule has 1 aliphatic carbocycles. The average Bonchev–Trinajstić information content (AvgIpc) is 2.82. The minimum atomic E-state index is -0.146. The van der Waals surface area contributed by atoms with Gasteiger partial charge in [-0.3, -0.25) is 4.79 Å². The second-order valence-electron chi connectivity index (χ2n) is 4.66. The van der Waals surface area contributed by atoms with Gasteiger partial charge in [0, 0.05) is 5.41 Å². The summed E-state index contributed by atoms with van der Waals surface area (Å²) in [7, 11) is 0. The molecule has 1 amide bonds. The van der Waals surface area contributed by atoms with E-state index in [0.717, 1.165) is 29.6 Å². The zero-order valence-corrected chi connectivity index (χ0v) is 11.6. The minimum Gasteiger partial charge on any atom is -0.324 e. The summed E-state index contributed by atoms with van der Waals surface area (Å²) >= 11 is 3.28. The summed E-state index contributed by atoms with van der Waals surface area (Å²) < 4.78 is 0.779. The molecule has 1 aromatic rings. The van der Waals surface area contributed by atoms with Gasteiger partial charge >= 0.3 is 0 Å². The summed E-state index contributed by atoms with van der Waals surface area (Å²) in [6, 6.07) is 3.70. The van der Waals surface area contributed by atoms with Crippen molar-refractivity contribution in [3.05, 3.63) is 22.9 Å². The number of anilines is 1. The molecule has 1 saturated carbocycles. The zero-order chi connectivity index (χ0) is 12.3. The van der Waals surface area contributed by atoms with Crippen molar-refractivity contribution in [3.63, 3.8) is 0 Å². The van der Waals surface area contributed by atoms with Crippen LogP contribution < -0.4 is 5.32 Å². The van der Waals surface area contributed by atoms with Crippen LogP contribution >= 0.6 is 15.9 Å². The van der Waals surface area contributed by atoms with E-state index >= 15 is 0 Å². The lowest BCUT2D eigenvalue weighted by Crippen LogP contribution is -2.33. The molecule has 4 heteroatoms. The molecule has 0 aromatic carbocycles. The first-order valence-electron chi connectivity index (χ1n) is 6.09. The van der Waals surface area contributed by atoms with E-state index in [2.05, 4.69) is 33.2 Å². The number of pyridine rings is 1. The molecule has 1 N–H and O–H groups in total. The fourth-order valence-electron chi connectivity index (χ4n) is 2.51. The van der Waals surface area contributed by atoms with Crippen LogP contribution in [0.5, 0.6) is 0 Å². The molecule has 0 unspecified atom stereocenters. The van der Waals surface area contributed by atoms with Crippen molar-refractivity contribution in [1.82, 2.24) is 4.98 Å². The SMILES string of the molecule is CCC1(C(=O)Nc2ccc(Br)nc2)CCCC1. The molecular weight excluding hydrogens is 280 g/mol. The molecule has 0 aliphatic heterocycles. The van der Waals surface area contributed by atoms with Crippen LogP contribution in [-0.4, -0.2) is 10.9 Å². The van der Waals surface area contributed by atoms with Gasteiger partial charge in [-0.1, -0.05) is 19.8 Å². The Labute approximate surface area is 110 Å². The highest BCUT2D eigenvalue weighted by atomic mass is 79.9. The summed E-state index contributed by atoms with van der Waals surface area (Å²) in [5.41, 5.74) is 0.630. The number of nitrogens with zero attached hydrogens (tertiary/aromatic N) is 1. The predicted octanol–water partition coefficient (Wildman–Crippen LogP) is 3.75. The second-order valence-corrected chi connectivity index (χ2v) is 5.48. The highest BCUT2D eigenvalue weighted by molar-refractivity contribution is 9.10. The monoisotopic (exact) mass is 296 g/mol. The summed E-state index contributed by atoms with van der Waals surface area (Å²) in [6.45, 7) is 2.10. The molecule has 1 heterocycles. The third-order valence-corrected chi connectivity index (χ3v) is 4.17. The van der Waals surface area contributed by atoms with Crippen molar-refractivity contribution < 1.29 is 4.79 Å². The number of amides is 1. The Morgan fingerprint density at radius 2 is 2.18 bits per heavy atom. The van der Waals surface area contributed by atoms with E-state index < -0.39 is 0 Å². The van der Waals surface area contributed by atoms with E-state index in [9.17, 15) is 4.79 Å². The largest absolute Gasteiger partial charge is 0.324 e. The lowest BCUT2D eigenvalue weighted by molar-refractivity contribution is -0.125. The van der Waals surface area contributed by atoms with Gasteiger partial charge in [0.15, 0.2) is 0 Å². The fraction of sp³-hybridized carbons (Fsp3) is 0.538. The molecule has 17 heavy (non-hydrogen) atoms. The molecule has 0 spiro atoms. The van der Waals surface area contributed by atoms with Crippen molar-refractivity contribution in [1.29, 1.82) is 0 Å². The Morgan fingerprint density at radius 1 is 1.47 bits per heavy atom. The lowest BCUT2D eigenvalue weighted by Gasteiger charge is -2.25. The highest BCUT2D eigenvalue weighted by Gasteiger charge is 2.39. The molecule has 1 aliphatic rings. The van der Waals surface area contributed by atoms with E-state index in [4.69, 9.17) is 0 Å². The van der Waals surface area contributed by atoms with Crippen LogP contribution in [-0.2, 0) is 4.79 Å². The average molecular weight is 297 g/mol. The standard InChI is InChI=1S/C13H17BrN2O/c1-2-13(7-3-4-8-13)12(17)16-10-5-6-11(14)15-9-10/h5-6,9H,2-4,7-8H2,1H3,(H,16,17). The smallest absolute Gasteiger partial charge is 0.230 e. The van der Waals surface area contributed by atoms with Gasteiger partial charge in [-0.25, -0.2) is 4.98 Å². The van der Waals surface area contributed by atoms with Crippen molar-refractivity contribution in [2.24, 2.45) is 5.41 Å². The molecule has 0 atom stereocenters. The first-order chi connectivity index (χ1) is 8.16. The number of carbonyl (C=O) groups is 1. The van der Waals surface area contributed by atoms with Crippen LogP contribution in [0.25, 0.3) is 0 Å². The maximum absolute atomic E-state index is 12.3. The number of carbonyl (C=O) groups excluding carboxylic acids is 1. The molecule has 0 saturated heterocycles. The van der Waals surface area contributed by atoms with Gasteiger partial charge in [0.25, 0.3) is 0 Å². The summed E-state index contributed by atoms with van der Waals surface area (Å²) in [4.78, 5) is 16.4. The summed E-state index contributed by atoms with van der Waals surface area (Å²) in [6.07, 6.45) is 6.96. The van der Waals surface area contributed by atoms with E-state index in [1.165, 1.54) is 12.8 Å². The first-order valence-corrected chi connectivity index (χ1v) is 6.89. The third-order valence-electron chi connectivity index (χ3n) is 3.70. The van der Waals surface area contributed by atoms with E-state index in [0.29, 0.717) is 0 Å². The van der Waals surface area contributed by atoms with Gasteiger partial charge in [0.1, 0.15) is 4.60 Å². The molecular formula is C13H17BrN2O. The second kappa shape index (κ2) is 5.17. The Morgan fingerprint density at radius 3 is 2.71 bits per heavy atom. The first kappa shape index (κ1) is 12.6. The molecule has 3 nitrogen and oxygen atoms in total. The Bertz CT molecular complexity index is 396. The molecule has 0 radical (unpaired) electrons. The fourth-order valence-corrected chi connectivity index (χ4v) is 2.74. The van der Waals surface area contributed by atoms with E-state index in [1.807, 2.05) is 12.1 Å². The predicted molar refractivity (Wildman–Crippen MR) is 71.8 cm³/mol. The number of rotatable bonds is 3. The van der Waals surface area contributed by atoms with Crippen molar-refractivity contribution >= 4 is 27.5 Å². The molecule has 92 valence electrons.